The highest BCUT2D eigenvalue weighted by atomic mass is 16.4. The van der Waals surface area contributed by atoms with Crippen LogP contribution in [0.1, 0.15) is 71.1 Å². The van der Waals surface area contributed by atoms with Crippen molar-refractivity contribution in [1.29, 1.82) is 0 Å². The largest absolute Gasteiger partial charge is 0.481 e. The van der Waals surface area contributed by atoms with Crippen molar-refractivity contribution in [3.8, 4) is 0 Å². The van der Waals surface area contributed by atoms with E-state index in [1.54, 1.807) is 0 Å². The maximum absolute atomic E-state index is 10.5. The molecule has 0 saturated heterocycles. The molecular weight excluding hydrogens is 308 g/mol. The van der Waals surface area contributed by atoms with Gasteiger partial charge in [-0.15, -0.1) is 0 Å². The molecule has 24 heavy (non-hydrogen) atoms. The van der Waals surface area contributed by atoms with E-state index in [2.05, 4.69) is 6.92 Å². The van der Waals surface area contributed by atoms with Gasteiger partial charge in [0.25, 0.3) is 0 Å². The van der Waals surface area contributed by atoms with Crippen molar-refractivity contribution in [2.45, 2.75) is 89.4 Å². The van der Waals surface area contributed by atoms with Crippen LogP contribution >= 0.6 is 0 Å². The number of rotatable bonds is 12. The normalized spacial score (nSPS) is 28.5. The fourth-order valence-electron chi connectivity index (χ4n) is 3.53. The summed E-state index contributed by atoms with van der Waals surface area (Å²) in [5, 5.41) is 38.6. The topological polar surface area (TPSA) is 98.0 Å². The Hall–Kier alpha value is -0.910. The minimum atomic E-state index is -0.754. The summed E-state index contributed by atoms with van der Waals surface area (Å²) < 4.78 is 0. The molecule has 5 heteroatoms. The van der Waals surface area contributed by atoms with Crippen molar-refractivity contribution >= 4 is 5.97 Å². The monoisotopic (exact) mass is 342 g/mol. The Kier molecular flexibility index (Phi) is 10.2. The first kappa shape index (κ1) is 21.1. The fraction of sp³-hybridized carbons (Fsp3) is 0.842. The zero-order chi connectivity index (χ0) is 17.9. The first-order chi connectivity index (χ1) is 11.5. The molecule has 1 saturated carbocycles. The third-order valence-electron chi connectivity index (χ3n) is 5.01. The van der Waals surface area contributed by atoms with Crippen LogP contribution in [-0.2, 0) is 4.79 Å². The molecule has 0 amide bonds. The number of carboxylic acid groups (broad SMARTS) is 1. The van der Waals surface area contributed by atoms with Gasteiger partial charge in [0.15, 0.2) is 0 Å². The van der Waals surface area contributed by atoms with Gasteiger partial charge in [0.05, 0.1) is 18.3 Å². The first-order valence-electron chi connectivity index (χ1n) is 9.40. The van der Waals surface area contributed by atoms with Gasteiger partial charge < -0.3 is 20.4 Å². The average Bonchev–Trinajstić information content (AvgIpc) is 2.81. The number of allylic oxidation sites excluding steroid dienone is 1. The summed E-state index contributed by atoms with van der Waals surface area (Å²) in [6, 6.07) is 0. The zero-order valence-corrected chi connectivity index (χ0v) is 14.8. The van der Waals surface area contributed by atoms with Gasteiger partial charge in [-0.1, -0.05) is 51.2 Å². The zero-order valence-electron chi connectivity index (χ0n) is 14.8. The van der Waals surface area contributed by atoms with Gasteiger partial charge >= 0.3 is 5.97 Å². The van der Waals surface area contributed by atoms with Gasteiger partial charge in [-0.05, 0) is 37.5 Å². The molecule has 5 nitrogen and oxygen atoms in total. The SMILES string of the molecule is CCCCC(O)C=CC1CC(O)C(O)C1CCCCCCC(=O)O. The maximum atomic E-state index is 10.5. The van der Waals surface area contributed by atoms with Crippen LogP contribution in [0.5, 0.6) is 0 Å². The molecule has 1 aliphatic rings. The Labute approximate surface area is 145 Å². The van der Waals surface area contributed by atoms with Gasteiger partial charge in [-0.2, -0.15) is 0 Å². The minimum absolute atomic E-state index is 0.0223. The fourth-order valence-corrected chi connectivity index (χ4v) is 3.53. The summed E-state index contributed by atoms with van der Waals surface area (Å²) in [6.07, 6.45) is 9.76. The molecule has 0 spiro atoms. The number of aliphatic carboxylic acids is 1. The van der Waals surface area contributed by atoms with E-state index in [1.165, 1.54) is 0 Å². The van der Waals surface area contributed by atoms with Gasteiger partial charge in [0.1, 0.15) is 0 Å². The van der Waals surface area contributed by atoms with E-state index >= 15 is 0 Å². The van der Waals surface area contributed by atoms with Crippen molar-refractivity contribution in [3.63, 3.8) is 0 Å². The molecule has 0 radical (unpaired) electrons. The van der Waals surface area contributed by atoms with Crippen molar-refractivity contribution in [3.05, 3.63) is 12.2 Å². The number of hydrogen-bond donors (Lipinski definition) is 4. The molecular formula is C19H34O5. The van der Waals surface area contributed by atoms with E-state index in [9.17, 15) is 20.1 Å². The molecule has 140 valence electrons. The molecule has 1 fully saturated rings. The highest BCUT2D eigenvalue weighted by molar-refractivity contribution is 5.66. The summed E-state index contributed by atoms with van der Waals surface area (Å²) >= 11 is 0. The quantitative estimate of drug-likeness (QED) is 0.323. The van der Waals surface area contributed by atoms with E-state index in [-0.39, 0.29) is 18.3 Å². The summed E-state index contributed by atoms with van der Waals surface area (Å²) in [7, 11) is 0. The number of carbonyl (C=O) groups is 1. The molecule has 1 rings (SSSR count). The third kappa shape index (κ3) is 7.77. The van der Waals surface area contributed by atoms with Crippen LogP contribution in [0.2, 0.25) is 0 Å². The van der Waals surface area contributed by atoms with Crippen molar-refractivity contribution in [2.24, 2.45) is 11.8 Å². The van der Waals surface area contributed by atoms with Crippen molar-refractivity contribution in [2.75, 3.05) is 0 Å². The lowest BCUT2D eigenvalue weighted by atomic mass is 9.88. The Morgan fingerprint density at radius 2 is 1.88 bits per heavy atom. The van der Waals surface area contributed by atoms with Crippen LogP contribution < -0.4 is 0 Å². The number of carboxylic acids is 1. The number of aliphatic hydroxyl groups is 3. The molecule has 0 aliphatic heterocycles. The van der Waals surface area contributed by atoms with Gasteiger partial charge in [-0.25, -0.2) is 0 Å². The predicted molar refractivity (Wildman–Crippen MR) is 93.6 cm³/mol. The second kappa shape index (κ2) is 11.6. The highest BCUT2D eigenvalue weighted by Crippen LogP contribution is 2.37. The molecule has 5 unspecified atom stereocenters. The molecule has 0 aromatic rings. The Morgan fingerprint density at radius 1 is 1.17 bits per heavy atom. The van der Waals surface area contributed by atoms with Crippen LogP contribution in [0.15, 0.2) is 12.2 Å². The Balaban J connectivity index is 2.38. The first-order valence-corrected chi connectivity index (χ1v) is 9.40. The van der Waals surface area contributed by atoms with Crippen LogP contribution in [-0.4, -0.2) is 44.7 Å². The Bertz CT molecular complexity index is 382. The second-order valence-corrected chi connectivity index (χ2v) is 7.06. The standard InChI is InChI=1S/C19H34O5/c1-2-3-8-15(20)12-11-14-13-17(21)19(24)16(14)9-6-4-5-7-10-18(22)23/h11-12,14-17,19-21,24H,2-10,13H2,1H3,(H,22,23). The lowest BCUT2D eigenvalue weighted by molar-refractivity contribution is -0.137. The lowest BCUT2D eigenvalue weighted by Crippen LogP contribution is -2.25. The summed E-state index contributed by atoms with van der Waals surface area (Å²) in [4.78, 5) is 10.5. The molecule has 0 aromatic heterocycles. The third-order valence-corrected chi connectivity index (χ3v) is 5.01. The van der Waals surface area contributed by atoms with Crippen LogP contribution in [0, 0.1) is 11.8 Å². The molecule has 5 atom stereocenters. The Morgan fingerprint density at radius 3 is 2.54 bits per heavy atom. The predicted octanol–water partition coefficient (Wildman–Crippen LogP) is 2.88. The van der Waals surface area contributed by atoms with Gasteiger partial charge in [0, 0.05) is 6.42 Å². The van der Waals surface area contributed by atoms with E-state index in [1.807, 2.05) is 12.2 Å². The lowest BCUT2D eigenvalue weighted by Gasteiger charge is -2.20. The average molecular weight is 342 g/mol. The smallest absolute Gasteiger partial charge is 0.303 e. The van der Waals surface area contributed by atoms with E-state index in [4.69, 9.17) is 5.11 Å². The van der Waals surface area contributed by atoms with Crippen LogP contribution in [0.25, 0.3) is 0 Å². The second-order valence-electron chi connectivity index (χ2n) is 7.06. The van der Waals surface area contributed by atoms with Crippen LogP contribution in [0.3, 0.4) is 0 Å². The van der Waals surface area contributed by atoms with Crippen LogP contribution in [0.4, 0.5) is 0 Å². The summed E-state index contributed by atoms with van der Waals surface area (Å²) in [6.45, 7) is 2.09. The number of hydrogen-bond acceptors (Lipinski definition) is 4. The molecule has 0 bridgehead atoms. The number of aliphatic hydroxyl groups excluding tert-OH is 3. The van der Waals surface area contributed by atoms with Crippen molar-refractivity contribution < 1.29 is 25.2 Å². The van der Waals surface area contributed by atoms with E-state index in [0.717, 1.165) is 44.9 Å². The molecule has 0 aromatic carbocycles. The summed E-state index contributed by atoms with van der Waals surface area (Å²) in [5.41, 5.74) is 0. The molecule has 1 aliphatic carbocycles. The summed E-state index contributed by atoms with van der Waals surface area (Å²) in [5.74, 6) is -0.629. The van der Waals surface area contributed by atoms with E-state index in [0.29, 0.717) is 12.8 Å². The van der Waals surface area contributed by atoms with Crippen molar-refractivity contribution in [1.82, 2.24) is 0 Å². The number of unbranched alkanes of at least 4 members (excludes halogenated alkanes) is 4. The maximum Gasteiger partial charge on any atom is 0.303 e. The molecule has 0 heterocycles. The van der Waals surface area contributed by atoms with Gasteiger partial charge in [-0.3, -0.25) is 4.79 Å². The van der Waals surface area contributed by atoms with Gasteiger partial charge in [0.2, 0.25) is 0 Å². The minimum Gasteiger partial charge on any atom is -0.481 e. The van der Waals surface area contributed by atoms with E-state index < -0.39 is 24.3 Å². The highest BCUT2D eigenvalue weighted by Gasteiger charge is 2.39. The molecule has 4 N–H and O–H groups in total.